The maximum Gasteiger partial charge on any atom is 0.0259 e. The molecule has 0 aromatic rings. The van der Waals surface area contributed by atoms with Crippen LogP contribution < -0.4 is 0 Å². The van der Waals surface area contributed by atoms with Crippen LogP contribution in [0.5, 0.6) is 0 Å². The van der Waals surface area contributed by atoms with Crippen molar-refractivity contribution in [3.63, 3.8) is 0 Å². The van der Waals surface area contributed by atoms with Crippen LogP contribution in [0.2, 0.25) is 0 Å². The summed E-state index contributed by atoms with van der Waals surface area (Å²) in [7, 11) is 0. The zero-order valence-electron chi connectivity index (χ0n) is 5.57. The summed E-state index contributed by atoms with van der Waals surface area (Å²) in [5, 5.41) is 0. The van der Waals surface area contributed by atoms with Crippen LogP contribution in [0, 0.1) is 23.7 Å². The van der Waals surface area contributed by atoms with E-state index in [1.54, 1.807) is 0 Å². The zero-order valence-corrected chi connectivity index (χ0v) is 5.57. The molecule has 0 heteroatoms. The van der Waals surface area contributed by atoms with Gasteiger partial charge in [0.05, 0.1) is 0 Å². The summed E-state index contributed by atoms with van der Waals surface area (Å²) in [5.74, 6) is 3.37. The van der Waals surface area contributed by atoms with Crippen LogP contribution >= 0.6 is 0 Å². The van der Waals surface area contributed by atoms with E-state index in [4.69, 9.17) is 6.42 Å². The van der Waals surface area contributed by atoms with Gasteiger partial charge in [0.15, 0.2) is 0 Å². The van der Waals surface area contributed by atoms with E-state index in [1.807, 2.05) is 0 Å². The van der Waals surface area contributed by atoms with E-state index in [9.17, 15) is 0 Å². The van der Waals surface area contributed by atoms with Gasteiger partial charge in [0.2, 0.25) is 0 Å². The molecular formula is C8H12. The summed E-state index contributed by atoms with van der Waals surface area (Å²) in [5.41, 5.74) is 0.523. The van der Waals surface area contributed by atoms with Gasteiger partial charge in [-0.3, -0.25) is 0 Å². The van der Waals surface area contributed by atoms with Gasteiger partial charge < -0.3 is 0 Å². The monoisotopic (exact) mass is 108 g/mol. The third-order valence-electron chi connectivity index (χ3n) is 2.36. The smallest absolute Gasteiger partial charge is 0.0259 e. The highest BCUT2D eigenvalue weighted by Crippen LogP contribution is 2.53. The normalized spacial score (nSPS) is 43.4. The summed E-state index contributed by atoms with van der Waals surface area (Å²) in [6.45, 7) is 4.47. The van der Waals surface area contributed by atoms with Crippen LogP contribution in [0.25, 0.3) is 0 Å². The molecule has 44 valence electrons. The zero-order chi connectivity index (χ0) is 6.20. The Kier molecular flexibility index (Phi) is 1.08. The van der Waals surface area contributed by atoms with E-state index in [0.717, 1.165) is 0 Å². The van der Waals surface area contributed by atoms with Gasteiger partial charge in [-0.05, 0) is 18.3 Å². The molecule has 0 heterocycles. The minimum atomic E-state index is 0.523. The minimum Gasteiger partial charge on any atom is -0.120 e. The third-order valence-corrected chi connectivity index (χ3v) is 2.36. The largest absolute Gasteiger partial charge is 0.120 e. The number of rotatable bonds is 1. The van der Waals surface area contributed by atoms with Crippen molar-refractivity contribution in [2.45, 2.75) is 26.7 Å². The second kappa shape index (κ2) is 1.52. The van der Waals surface area contributed by atoms with Crippen molar-refractivity contribution < 1.29 is 0 Å². The predicted octanol–water partition coefficient (Wildman–Crippen LogP) is 2.06. The van der Waals surface area contributed by atoms with Crippen molar-refractivity contribution in [2.75, 3.05) is 0 Å². The molecule has 0 aromatic carbocycles. The van der Waals surface area contributed by atoms with Crippen LogP contribution in [-0.2, 0) is 0 Å². The topological polar surface area (TPSA) is 0 Å². The predicted molar refractivity (Wildman–Crippen MR) is 35.3 cm³/mol. The molecule has 0 aliphatic heterocycles. The molecule has 1 aliphatic rings. The molecule has 0 radical (unpaired) electrons. The van der Waals surface area contributed by atoms with Crippen LogP contribution in [-0.4, -0.2) is 0 Å². The molecule has 1 aliphatic carbocycles. The first-order valence-corrected chi connectivity index (χ1v) is 3.19. The number of terminal acetylenes is 1. The van der Waals surface area contributed by atoms with Gasteiger partial charge in [-0.25, -0.2) is 0 Å². The summed E-state index contributed by atoms with van der Waals surface area (Å²) in [4.78, 5) is 0. The van der Waals surface area contributed by atoms with Gasteiger partial charge in [0.25, 0.3) is 0 Å². The first-order valence-electron chi connectivity index (χ1n) is 3.19. The van der Waals surface area contributed by atoms with E-state index in [-0.39, 0.29) is 0 Å². The van der Waals surface area contributed by atoms with Crippen molar-refractivity contribution in [1.29, 1.82) is 0 Å². The number of hydrogen-bond donors (Lipinski definition) is 0. The summed E-state index contributed by atoms with van der Waals surface area (Å²) >= 11 is 0. The second-order valence-corrected chi connectivity index (χ2v) is 2.93. The lowest BCUT2D eigenvalue weighted by atomic mass is 10.0. The van der Waals surface area contributed by atoms with Crippen LogP contribution in [0.4, 0.5) is 0 Å². The third kappa shape index (κ3) is 0.629. The first-order chi connectivity index (χ1) is 3.73. The van der Waals surface area contributed by atoms with Crippen LogP contribution in [0.1, 0.15) is 26.7 Å². The first kappa shape index (κ1) is 5.69. The molecule has 1 rings (SSSR count). The molecule has 0 saturated heterocycles. The lowest BCUT2D eigenvalue weighted by Crippen LogP contribution is -1.91. The lowest BCUT2D eigenvalue weighted by Gasteiger charge is -2.00. The van der Waals surface area contributed by atoms with Gasteiger partial charge in [0.1, 0.15) is 0 Å². The quantitative estimate of drug-likeness (QED) is 0.451. The fraction of sp³-hybridized carbons (Fsp3) is 0.750. The van der Waals surface area contributed by atoms with Gasteiger partial charge in [0, 0.05) is 5.92 Å². The average Bonchev–Trinajstić information content (AvgIpc) is 2.44. The molecule has 1 saturated carbocycles. The summed E-state index contributed by atoms with van der Waals surface area (Å²) in [6.07, 6.45) is 7.72. The molecule has 8 heavy (non-hydrogen) atoms. The minimum absolute atomic E-state index is 0.523. The molecular weight excluding hydrogens is 96.1 g/mol. The standard InChI is InChI=1S/C8H12/c1-4-7-6-8(7,3)5-2/h1,7H,5-6H2,2-3H3. The molecule has 0 amide bonds. The van der Waals surface area contributed by atoms with Crippen molar-refractivity contribution in [3.05, 3.63) is 0 Å². The average molecular weight is 108 g/mol. The number of hydrogen-bond acceptors (Lipinski definition) is 0. The maximum atomic E-state index is 5.23. The Bertz CT molecular complexity index is 129. The van der Waals surface area contributed by atoms with Crippen molar-refractivity contribution >= 4 is 0 Å². The van der Waals surface area contributed by atoms with Crippen molar-refractivity contribution in [3.8, 4) is 12.3 Å². The Labute approximate surface area is 51.3 Å². The molecule has 0 nitrogen and oxygen atoms in total. The maximum absolute atomic E-state index is 5.23. The summed E-state index contributed by atoms with van der Waals surface area (Å²) in [6, 6.07) is 0. The van der Waals surface area contributed by atoms with Gasteiger partial charge in [-0.2, -0.15) is 0 Å². The van der Waals surface area contributed by atoms with Gasteiger partial charge >= 0.3 is 0 Å². The van der Waals surface area contributed by atoms with Crippen molar-refractivity contribution in [2.24, 2.45) is 11.3 Å². The molecule has 0 N–H and O–H groups in total. The highest BCUT2D eigenvalue weighted by Gasteiger charge is 2.46. The molecule has 2 atom stereocenters. The van der Waals surface area contributed by atoms with Gasteiger partial charge in [-0.15, -0.1) is 12.3 Å². The molecule has 2 unspecified atom stereocenters. The van der Waals surface area contributed by atoms with E-state index in [1.165, 1.54) is 12.8 Å². The molecule has 1 fully saturated rings. The van der Waals surface area contributed by atoms with Crippen molar-refractivity contribution in [1.82, 2.24) is 0 Å². The second-order valence-electron chi connectivity index (χ2n) is 2.93. The van der Waals surface area contributed by atoms with Crippen LogP contribution in [0.3, 0.4) is 0 Å². The van der Waals surface area contributed by atoms with Gasteiger partial charge in [-0.1, -0.05) is 13.8 Å². The Hall–Kier alpha value is -0.440. The fourth-order valence-corrected chi connectivity index (χ4v) is 1.06. The summed E-state index contributed by atoms with van der Waals surface area (Å²) < 4.78 is 0. The lowest BCUT2D eigenvalue weighted by molar-refractivity contribution is 0.524. The van der Waals surface area contributed by atoms with Crippen LogP contribution in [0.15, 0.2) is 0 Å². The van der Waals surface area contributed by atoms with E-state index in [2.05, 4.69) is 19.8 Å². The Morgan fingerprint density at radius 2 is 2.50 bits per heavy atom. The molecule has 0 bridgehead atoms. The fourth-order valence-electron chi connectivity index (χ4n) is 1.06. The Morgan fingerprint density at radius 1 is 1.88 bits per heavy atom. The molecule has 0 spiro atoms. The SMILES string of the molecule is C#CC1CC1(C)CC. The van der Waals surface area contributed by atoms with E-state index < -0.39 is 0 Å². The highest BCUT2D eigenvalue weighted by atomic mass is 14.5. The molecule has 0 aromatic heterocycles. The Balaban J connectivity index is 2.46. The Morgan fingerprint density at radius 3 is 2.62 bits per heavy atom. The van der Waals surface area contributed by atoms with E-state index >= 15 is 0 Å². The highest BCUT2D eigenvalue weighted by molar-refractivity contribution is 5.13. The van der Waals surface area contributed by atoms with E-state index in [0.29, 0.717) is 11.3 Å².